The average Bonchev–Trinajstić information content (AvgIpc) is 2.67. The summed E-state index contributed by atoms with van der Waals surface area (Å²) < 4.78 is 7.36. The Morgan fingerprint density at radius 3 is 2.58 bits per heavy atom. The van der Waals surface area contributed by atoms with Crippen LogP contribution in [-0.2, 0) is 26.2 Å². The van der Waals surface area contributed by atoms with E-state index in [9.17, 15) is 4.79 Å². The predicted molar refractivity (Wildman–Crippen MR) is 100 cm³/mol. The third-order valence-corrected chi connectivity index (χ3v) is 4.31. The molecule has 0 spiro atoms. The summed E-state index contributed by atoms with van der Waals surface area (Å²) in [6, 6.07) is 14.9. The largest absolute Gasteiger partial charge is 0.487 e. The first-order valence-corrected chi connectivity index (χ1v) is 8.58. The number of hydrogen-bond acceptors (Lipinski definition) is 4. The van der Waals surface area contributed by atoms with Crippen molar-refractivity contribution in [1.29, 1.82) is 0 Å². The van der Waals surface area contributed by atoms with Crippen LogP contribution in [0.4, 0.5) is 0 Å². The Balaban J connectivity index is 1.60. The fourth-order valence-corrected chi connectivity index (χ4v) is 2.65. The molecule has 0 fully saturated rings. The number of benzene rings is 1. The molecule has 2 heterocycles. The van der Waals surface area contributed by atoms with Crippen molar-refractivity contribution in [3.8, 4) is 5.75 Å². The molecule has 0 aliphatic rings. The summed E-state index contributed by atoms with van der Waals surface area (Å²) in [5.41, 5.74) is 3.85. The average molecular weight is 350 g/mol. The van der Waals surface area contributed by atoms with E-state index in [1.165, 1.54) is 6.07 Å². The Labute approximate surface area is 152 Å². The molecule has 3 rings (SSSR count). The van der Waals surface area contributed by atoms with Crippen LogP contribution in [0.3, 0.4) is 0 Å². The van der Waals surface area contributed by atoms with Crippen molar-refractivity contribution < 1.29 is 9.84 Å². The molecule has 0 amide bonds. The minimum Gasteiger partial charge on any atom is -0.487 e. The molecule has 0 radical (unpaired) electrons. The van der Waals surface area contributed by atoms with Gasteiger partial charge < -0.3 is 14.4 Å². The molecule has 1 N–H and O–H groups in total. The van der Waals surface area contributed by atoms with Crippen LogP contribution in [0.2, 0.25) is 0 Å². The number of nitrogens with zero attached hydrogens (tertiary/aromatic N) is 2. The number of aliphatic hydroxyl groups is 1. The van der Waals surface area contributed by atoms with Gasteiger partial charge in [0.15, 0.2) is 0 Å². The Morgan fingerprint density at radius 1 is 1.12 bits per heavy atom. The highest BCUT2D eigenvalue weighted by Gasteiger charge is 2.04. The highest BCUT2D eigenvalue weighted by atomic mass is 16.5. The highest BCUT2D eigenvalue weighted by molar-refractivity contribution is 5.23. The van der Waals surface area contributed by atoms with Crippen molar-refractivity contribution in [1.82, 2.24) is 9.55 Å². The lowest BCUT2D eigenvalue weighted by Gasteiger charge is -2.10. The predicted octanol–water partition coefficient (Wildman–Crippen LogP) is 2.87. The fourth-order valence-electron chi connectivity index (χ4n) is 2.65. The van der Waals surface area contributed by atoms with Crippen molar-refractivity contribution in [3.05, 3.63) is 93.7 Å². The zero-order valence-electron chi connectivity index (χ0n) is 14.8. The molecule has 1 aromatic carbocycles. The molecule has 0 saturated heterocycles. The van der Waals surface area contributed by atoms with Crippen LogP contribution in [0.5, 0.6) is 5.75 Å². The van der Waals surface area contributed by atoms with Gasteiger partial charge in [-0.25, -0.2) is 0 Å². The molecule has 26 heavy (non-hydrogen) atoms. The lowest BCUT2D eigenvalue weighted by molar-refractivity contribution is 0.282. The quantitative estimate of drug-likeness (QED) is 0.712. The van der Waals surface area contributed by atoms with E-state index in [1.54, 1.807) is 23.0 Å². The molecule has 3 aromatic rings. The summed E-state index contributed by atoms with van der Waals surface area (Å²) in [5.74, 6) is 0.545. The van der Waals surface area contributed by atoms with E-state index in [-0.39, 0.29) is 12.2 Å². The third kappa shape index (κ3) is 4.58. The van der Waals surface area contributed by atoms with Gasteiger partial charge in [-0.2, -0.15) is 0 Å². The zero-order valence-corrected chi connectivity index (χ0v) is 14.8. The van der Waals surface area contributed by atoms with Crippen LogP contribution in [0, 0.1) is 6.92 Å². The molecule has 134 valence electrons. The second-order valence-electron chi connectivity index (χ2n) is 6.17. The molecule has 0 saturated carbocycles. The minimum absolute atomic E-state index is 0.0409. The highest BCUT2D eigenvalue weighted by Crippen LogP contribution is 2.11. The van der Waals surface area contributed by atoms with Crippen LogP contribution >= 0.6 is 0 Å². The monoisotopic (exact) mass is 350 g/mol. The van der Waals surface area contributed by atoms with Crippen LogP contribution in [-0.4, -0.2) is 14.7 Å². The smallest absolute Gasteiger partial charge is 0.254 e. The van der Waals surface area contributed by atoms with E-state index in [4.69, 9.17) is 9.84 Å². The van der Waals surface area contributed by atoms with Crippen LogP contribution in [0.15, 0.2) is 65.7 Å². The molecular weight excluding hydrogens is 328 g/mol. The number of pyridine rings is 2. The Hall–Kier alpha value is -2.92. The first-order valence-electron chi connectivity index (χ1n) is 8.58. The topological polar surface area (TPSA) is 64.3 Å². The van der Waals surface area contributed by atoms with Gasteiger partial charge in [-0.1, -0.05) is 30.3 Å². The lowest BCUT2D eigenvalue weighted by Crippen LogP contribution is -2.19. The van der Waals surface area contributed by atoms with E-state index in [1.807, 2.05) is 43.3 Å². The normalized spacial score (nSPS) is 10.7. The first-order chi connectivity index (χ1) is 12.7. The number of rotatable bonds is 7. The van der Waals surface area contributed by atoms with E-state index < -0.39 is 0 Å². The standard InChI is InChI=1S/C21H22N2O3/c1-16-3-2-10-22-20(16)15-26-19-9-12-23(21(25)13-19)11-8-17-4-6-18(14-24)7-5-17/h2-7,9-10,12-13,24H,8,11,14-15H2,1H3. The Bertz CT molecular complexity index is 917. The Kier molecular flexibility index (Phi) is 5.81. The Morgan fingerprint density at radius 2 is 1.88 bits per heavy atom. The summed E-state index contributed by atoms with van der Waals surface area (Å²) in [6.07, 6.45) is 4.24. The van der Waals surface area contributed by atoms with Gasteiger partial charge in [0, 0.05) is 25.0 Å². The molecular formula is C21H22N2O3. The minimum atomic E-state index is -0.0905. The van der Waals surface area contributed by atoms with Gasteiger partial charge in [0.2, 0.25) is 0 Å². The SMILES string of the molecule is Cc1cccnc1COc1ccn(CCc2ccc(CO)cc2)c(=O)c1. The summed E-state index contributed by atoms with van der Waals surface area (Å²) in [5, 5.41) is 9.07. The molecule has 5 heteroatoms. The van der Waals surface area contributed by atoms with Crippen molar-refractivity contribution in [2.24, 2.45) is 0 Å². The molecule has 0 aliphatic heterocycles. The maximum atomic E-state index is 12.3. The molecule has 0 aliphatic carbocycles. The van der Waals surface area contributed by atoms with Gasteiger partial charge in [-0.3, -0.25) is 9.78 Å². The van der Waals surface area contributed by atoms with Crippen LogP contribution in [0.1, 0.15) is 22.4 Å². The molecule has 0 bridgehead atoms. The number of aryl methyl sites for hydroxylation is 3. The van der Waals surface area contributed by atoms with Crippen LogP contribution in [0.25, 0.3) is 0 Å². The van der Waals surface area contributed by atoms with E-state index >= 15 is 0 Å². The van der Waals surface area contributed by atoms with E-state index in [0.717, 1.165) is 28.8 Å². The van der Waals surface area contributed by atoms with Gasteiger partial charge in [-0.15, -0.1) is 0 Å². The van der Waals surface area contributed by atoms with Crippen LogP contribution < -0.4 is 10.3 Å². The number of aromatic nitrogens is 2. The van der Waals surface area contributed by atoms with Crippen molar-refractivity contribution in [2.45, 2.75) is 33.1 Å². The van der Waals surface area contributed by atoms with Gasteiger partial charge in [-0.05, 0) is 42.2 Å². The fraction of sp³-hybridized carbons (Fsp3) is 0.238. The van der Waals surface area contributed by atoms with Crippen molar-refractivity contribution >= 4 is 0 Å². The lowest BCUT2D eigenvalue weighted by atomic mass is 10.1. The van der Waals surface area contributed by atoms with E-state index in [2.05, 4.69) is 4.98 Å². The maximum absolute atomic E-state index is 12.3. The maximum Gasteiger partial charge on any atom is 0.254 e. The summed E-state index contributed by atoms with van der Waals surface area (Å²) in [4.78, 5) is 16.6. The number of ether oxygens (including phenoxy) is 1. The van der Waals surface area contributed by atoms with Gasteiger partial charge in [0.05, 0.1) is 12.3 Å². The molecule has 5 nitrogen and oxygen atoms in total. The molecule has 0 atom stereocenters. The van der Waals surface area contributed by atoms with Gasteiger partial charge in [0.25, 0.3) is 5.56 Å². The second-order valence-corrected chi connectivity index (χ2v) is 6.17. The third-order valence-electron chi connectivity index (χ3n) is 4.31. The number of hydrogen-bond donors (Lipinski definition) is 1. The van der Waals surface area contributed by atoms with E-state index in [0.29, 0.717) is 18.9 Å². The first kappa shape index (κ1) is 17.9. The van der Waals surface area contributed by atoms with Gasteiger partial charge >= 0.3 is 0 Å². The zero-order chi connectivity index (χ0) is 18.4. The summed E-state index contributed by atoms with van der Waals surface area (Å²) in [7, 11) is 0. The van der Waals surface area contributed by atoms with Gasteiger partial charge in [0.1, 0.15) is 12.4 Å². The summed E-state index contributed by atoms with van der Waals surface area (Å²) >= 11 is 0. The van der Waals surface area contributed by atoms with Crippen molar-refractivity contribution in [3.63, 3.8) is 0 Å². The molecule has 2 aromatic heterocycles. The number of aliphatic hydroxyl groups excluding tert-OH is 1. The second kappa shape index (κ2) is 8.45. The van der Waals surface area contributed by atoms with Crippen molar-refractivity contribution in [2.75, 3.05) is 0 Å². The summed E-state index contributed by atoms with van der Waals surface area (Å²) in [6.45, 7) is 2.96. The molecule has 0 unspecified atom stereocenters.